The molecule has 114 valence electrons. The average molecular weight is 303 g/mol. The van der Waals surface area contributed by atoms with E-state index in [1.165, 1.54) is 0 Å². The molecule has 0 aliphatic heterocycles. The number of anilines is 2. The number of aromatic nitrogens is 4. The third-order valence-corrected chi connectivity index (χ3v) is 3.85. The largest absolute Gasteiger partial charge is 0.340 e. The normalized spacial score (nSPS) is 11.3. The van der Waals surface area contributed by atoms with Crippen molar-refractivity contribution in [3.8, 4) is 0 Å². The lowest BCUT2D eigenvalue weighted by atomic mass is 10.2. The van der Waals surface area contributed by atoms with Crippen LogP contribution in [0, 0.1) is 20.8 Å². The molecule has 3 heterocycles. The Morgan fingerprint density at radius 1 is 0.913 bits per heavy atom. The quantitative estimate of drug-likeness (QED) is 0.609. The van der Waals surface area contributed by atoms with Gasteiger partial charge in [-0.05, 0) is 44.5 Å². The molecule has 0 spiro atoms. The van der Waals surface area contributed by atoms with E-state index in [-0.39, 0.29) is 0 Å². The summed E-state index contributed by atoms with van der Waals surface area (Å²) in [5.41, 5.74) is 5.64. The van der Waals surface area contributed by atoms with Crippen molar-refractivity contribution >= 4 is 28.2 Å². The molecule has 0 aliphatic carbocycles. The van der Waals surface area contributed by atoms with Crippen molar-refractivity contribution in [3.63, 3.8) is 0 Å². The minimum Gasteiger partial charge on any atom is -0.340 e. The summed E-state index contributed by atoms with van der Waals surface area (Å²) in [5.74, 6) is 0.883. The van der Waals surface area contributed by atoms with E-state index in [0.29, 0.717) is 0 Å². The highest BCUT2D eigenvalue weighted by Crippen LogP contribution is 2.26. The molecule has 0 radical (unpaired) electrons. The minimum atomic E-state index is 0.733. The number of para-hydroxylation sites is 1. The number of pyridine rings is 1. The Morgan fingerprint density at radius 3 is 2.43 bits per heavy atom. The SMILES string of the molecule is Cc1cc(C)c2c(n1)nn1c(Nc3ccccc3)cc(C)nc21. The maximum Gasteiger partial charge on any atom is 0.184 e. The fourth-order valence-corrected chi connectivity index (χ4v) is 2.90. The Hall–Kier alpha value is -2.95. The summed E-state index contributed by atoms with van der Waals surface area (Å²) in [6, 6.07) is 14.1. The summed E-state index contributed by atoms with van der Waals surface area (Å²) in [6.45, 7) is 6.05. The first kappa shape index (κ1) is 13.7. The first-order chi connectivity index (χ1) is 11.1. The van der Waals surface area contributed by atoms with Crippen LogP contribution in [0.15, 0.2) is 42.5 Å². The van der Waals surface area contributed by atoms with E-state index in [1.54, 1.807) is 0 Å². The highest BCUT2D eigenvalue weighted by Gasteiger charge is 2.14. The third-order valence-electron chi connectivity index (χ3n) is 3.85. The van der Waals surface area contributed by atoms with Crippen LogP contribution < -0.4 is 5.32 Å². The molecular formula is C18H17N5. The standard InChI is InChI=1S/C18H17N5/c1-11-9-12(2)19-17-16(11)18-20-13(3)10-15(23(18)22-17)21-14-7-5-4-6-8-14/h4-10,21H,1-3H3. The Kier molecular flexibility index (Phi) is 3.01. The minimum absolute atomic E-state index is 0.733. The van der Waals surface area contributed by atoms with Gasteiger partial charge in [0.2, 0.25) is 0 Å². The summed E-state index contributed by atoms with van der Waals surface area (Å²) >= 11 is 0. The van der Waals surface area contributed by atoms with E-state index in [4.69, 9.17) is 0 Å². The summed E-state index contributed by atoms with van der Waals surface area (Å²) in [7, 11) is 0. The van der Waals surface area contributed by atoms with Gasteiger partial charge in [-0.1, -0.05) is 18.2 Å². The van der Waals surface area contributed by atoms with Crippen LogP contribution in [0.2, 0.25) is 0 Å². The molecule has 4 aromatic rings. The van der Waals surface area contributed by atoms with E-state index in [2.05, 4.69) is 33.4 Å². The van der Waals surface area contributed by atoms with Crippen LogP contribution in [-0.2, 0) is 0 Å². The van der Waals surface area contributed by atoms with Gasteiger partial charge in [0.25, 0.3) is 0 Å². The summed E-state index contributed by atoms with van der Waals surface area (Å²) in [6.07, 6.45) is 0. The number of aryl methyl sites for hydroxylation is 3. The maximum atomic E-state index is 4.68. The predicted octanol–water partition coefficient (Wildman–Crippen LogP) is 3.95. The van der Waals surface area contributed by atoms with Crippen LogP contribution in [0.4, 0.5) is 11.5 Å². The molecule has 0 saturated carbocycles. The topological polar surface area (TPSA) is 55.1 Å². The molecule has 0 bridgehead atoms. The number of nitrogens with one attached hydrogen (secondary N) is 1. The molecule has 0 atom stereocenters. The number of nitrogens with zero attached hydrogens (tertiary/aromatic N) is 4. The zero-order valence-electron chi connectivity index (χ0n) is 13.3. The molecule has 1 aromatic carbocycles. The highest BCUT2D eigenvalue weighted by molar-refractivity contribution is 5.93. The van der Waals surface area contributed by atoms with Gasteiger partial charge in [-0.15, -0.1) is 5.10 Å². The molecule has 3 aromatic heterocycles. The molecule has 0 saturated heterocycles. The second-order valence-electron chi connectivity index (χ2n) is 5.79. The lowest BCUT2D eigenvalue weighted by Crippen LogP contribution is -2.02. The highest BCUT2D eigenvalue weighted by atomic mass is 15.3. The van der Waals surface area contributed by atoms with E-state index in [9.17, 15) is 0 Å². The van der Waals surface area contributed by atoms with Crippen LogP contribution in [0.1, 0.15) is 17.0 Å². The monoisotopic (exact) mass is 303 g/mol. The van der Waals surface area contributed by atoms with Crippen molar-refractivity contribution in [2.75, 3.05) is 5.32 Å². The molecule has 0 amide bonds. The zero-order valence-corrected chi connectivity index (χ0v) is 13.3. The molecule has 0 unspecified atom stereocenters. The van der Waals surface area contributed by atoms with Gasteiger partial charge >= 0.3 is 0 Å². The molecule has 5 heteroatoms. The van der Waals surface area contributed by atoms with Crippen molar-refractivity contribution in [3.05, 3.63) is 59.4 Å². The van der Waals surface area contributed by atoms with Crippen molar-refractivity contribution in [1.29, 1.82) is 0 Å². The summed E-state index contributed by atoms with van der Waals surface area (Å²) < 4.78 is 1.84. The Labute approximate surface area is 134 Å². The summed E-state index contributed by atoms with van der Waals surface area (Å²) in [5, 5.41) is 9.08. The predicted molar refractivity (Wildman–Crippen MR) is 92.2 cm³/mol. The Balaban J connectivity index is 1.99. The average Bonchev–Trinajstić information content (AvgIpc) is 2.86. The molecule has 23 heavy (non-hydrogen) atoms. The molecule has 4 rings (SSSR count). The van der Waals surface area contributed by atoms with Gasteiger partial charge in [0, 0.05) is 23.1 Å². The second-order valence-corrected chi connectivity index (χ2v) is 5.79. The maximum absolute atomic E-state index is 4.68. The lowest BCUT2D eigenvalue weighted by Gasteiger charge is -2.09. The first-order valence-electron chi connectivity index (χ1n) is 7.58. The molecule has 1 N–H and O–H groups in total. The van der Waals surface area contributed by atoms with Gasteiger partial charge in [-0.25, -0.2) is 9.97 Å². The van der Waals surface area contributed by atoms with E-state index >= 15 is 0 Å². The van der Waals surface area contributed by atoms with Crippen LogP contribution in [0.25, 0.3) is 16.7 Å². The van der Waals surface area contributed by atoms with Crippen LogP contribution >= 0.6 is 0 Å². The molecule has 0 fully saturated rings. The Bertz CT molecular complexity index is 1020. The lowest BCUT2D eigenvalue weighted by molar-refractivity contribution is 0.944. The fraction of sp³-hybridized carbons (Fsp3) is 0.167. The van der Waals surface area contributed by atoms with Gasteiger partial charge in [0.1, 0.15) is 5.82 Å². The second kappa shape index (κ2) is 5.05. The zero-order chi connectivity index (χ0) is 16.0. The van der Waals surface area contributed by atoms with Crippen LogP contribution in [0.3, 0.4) is 0 Å². The number of hydrogen-bond donors (Lipinski definition) is 1. The number of rotatable bonds is 2. The third kappa shape index (κ3) is 2.30. The Morgan fingerprint density at radius 2 is 1.65 bits per heavy atom. The fourth-order valence-electron chi connectivity index (χ4n) is 2.90. The number of fused-ring (bicyclic) bond motifs is 3. The number of benzene rings is 1. The smallest absolute Gasteiger partial charge is 0.184 e. The van der Waals surface area contributed by atoms with Gasteiger partial charge in [0.05, 0.1) is 5.39 Å². The van der Waals surface area contributed by atoms with E-state index < -0.39 is 0 Å². The molecule has 0 aliphatic rings. The van der Waals surface area contributed by atoms with E-state index in [0.717, 1.165) is 45.1 Å². The van der Waals surface area contributed by atoms with Gasteiger partial charge in [-0.3, -0.25) is 0 Å². The first-order valence-corrected chi connectivity index (χ1v) is 7.58. The van der Waals surface area contributed by atoms with Crippen molar-refractivity contribution in [2.24, 2.45) is 0 Å². The van der Waals surface area contributed by atoms with Crippen molar-refractivity contribution in [1.82, 2.24) is 19.6 Å². The van der Waals surface area contributed by atoms with Gasteiger partial charge < -0.3 is 5.32 Å². The van der Waals surface area contributed by atoms with Crippen LogP contribution in [0.5, 0.6) is 0 Å². The summed E-state index contributed by atoms with van der Waals surface area (Å²) in [4.78, 5) is 9.23. The van der Waals surface area contributed by atoms with Gasteiger partial charge in [-0.2, -0.15) is 4.52 Å². The van der Waals surface area contributed by atoms with Crippen molar-refractivity contribution < 1.29 is 0 Å². The molecule has 5 nitrogen and oxygen atoms in total. The number of hydrogen-bond acceptors (Lipinski definition) is 4. The van der Waals surface area contributed by atoms with E-state index in [1.807, 2.05) is 54.8 Å². The molecular weight excluding hydrogens is 286 g/mol. The van der Waals surface area contributed by atoms with Crippen LogP contribution in [-0.4, -0.2) is 19.6 Å². The van der Waals surface area contributed by atoms with Gasteiger partial charge in [0.15, 0.2) is 11.3 Å². The van der Waals surface area contributed by atoms with Crippen molar-refractivity contribution in [2.45, 2.75) is 20.8 Å².